The predicted octanol–water partition coefficient (Wildman–Crippen LogP) is 3.28. The summed E-state index contributed by atoms with van der Waals surface area (Å²) in [4.78, 5) is 12.0. The normalized spacial score (nSPS) is 14.3. The number of amides is 1. The minimum absolute atomic E-state index is 0.153. The quantitative estimate of drug-likeness (QED) is 0.871. The van der Waals surface area contributed by atoms with Gasteiger partial charge in [0.25, 0.3) is 5.91 Å². The maximum absolute atomic E-state index is 12.0. The highest BCUT2D eigenvalue weighted by Crippen LogP contribution is 2.18. The van der Waals surface area contributed by atoms with Gasteiger partial charge < -0.3 is 10.4 Å². The van der Waals surface area contributed by atoms with E-state index in [0.29, 0.717) is 17.9 Å². The summed E-state index contributed by atoms with van der Waals surface area (Å²) >= 11 is 3.40. The molecule has 1 rings (SSSR count). The Balaban J connectivity index is 2.62. The van der Waals surface area contributed by atoms with Crippen molar-refractivity contribution in [3.63, 3.8) is 0 Å². The largest absolute Gasteiger partial charge is 0.388 e. The molecule has 19 heavy (non-hydrogen) atoms. The first-order valence-corrected chi connectivity index (χ1v) is 7.27. The van der Waals surface area contributed by atoms with Crippen molar-refractivity contribution in [2.24, 2.45) is 5.92 Å². The third kappa shape index (κ3) is 5.33. The summed E-state index contributed by atoms with van der Waals surface area (Å²) in [5.41, 5.74) is 0.761. The molecule has 0 aliphatic carbocycles. The van der Waals surface area contributed by atoms with E-state index in [4.69, 9.17) is 0 Å². The lowest BCUT2D eigenvalue weighted by Gasteiger charge is -2.25. The van der Waals surface area contributed by atoms with Gasteiger partial charge in [0.2, 0.25) is 0 Å². The fraction of sp³-hybridized carbons (Fsp3) is 0.533. The van der Waals surface area contributed by atoms with Crippen LogP contribution in [-0.2, 0) is 0 Å². The number of carbonyl (C=O) groups excluding carboxylic acids is 1. The average molecular weight is 328 g/mol. The number of aliphatic hydroxyl groups is 1. The molecule has 0 radical (unpaired) electrons. The highest BCUT2D eigenvalue weighted by atomic mass is 79.9. The molecule has 0 bridgehead atoms. The van der Waals surface area contributed by atoms with Crippen molar-refractivity contribution in [1.29, 1.82) is 0 Å². The van der Waals surface area contributed by atoms with Crippen LogP contribution >= 0.6 is 15.9 Å². The molecule has 3 nitrogen and oxygen atoms in total. The Labute approximate surface area is 123 Å². The summed E-state index contributed by atoms with van der Waals surface area (Å²) in [6, 6.07) is 5.46. The summed E-state index contributed by atoms with van der Waals surface area (Å²) in [5.74, 6) is 0.237. The van der Waals surface area contributed by atoms with E-state index in [1.807, 2.05) is 32.9 Å². The summed E-state index contributed by atoms with van der Waals surface area (Å²) in [7, 11) is 0. The molecular formula is C15H22BrNO2. The smallest absolute Gasteiger partial charge is 0.251 e. The molecule has 1 aromatic carbocycles. The van der Waals surface area contributed by atoms with Crippen LogP contribution in [-0.4, -0.2) is 23.2 Å². The van der Waals surface area contributed by atoms with Crippen LogP contribution in [0.5, 0.6) is 0 Å². The lowest BCUT2D eigenvalue weighted by molar-refractivity contribution is 0.0368. The number of rotatable bonds is 5. The Bertz CT molecular complexity index is 455. The Morgan fingerprint density at radius 3 is 2.63 bits per heavy atom. The van der Waals surface area contributed by atoms with E-state index in [0.717, 1.165) is 10.0 Å². The van der Waals surface area contributed by atoms with E-state index in [9.17, 15) is 9.90 Å². The van der Waals surface area contributed by atoms with Crippen LogP contribution < -0.4 is 5.32 Å². The third-order valence-electron chi connectivity index (χ3n) is 2.90. The fourth-order valence-corrected chi connectivity index (χ4v) is 2.36. The molecule has 0 heterocycles. The van der Waals surface area contributed by atoms with Crippen LogP contribution in [0.25, 0.3) is 0 Å². The number of halogens is 1. The van der Waals surface area contributed by atoms with Gasteiger partial charge in [0.1, 0.15) is 0 Å². The first kappa shape index (κ1) is 16.2. The molecule has 2 N–H and O–H groups in total. The number of carbonyl (C=O) groups is 1. The SMILES string of the molecule is Cc1cc(C(=O)NCC(C)(O)CC(C)C)ccc1Br. The first-order chi connectivity index (χ1) is 8.71. The Morgan fingerprint density at radius 2 is 2.11 bits per heavy atom. The standard InChI is InChI=1S/C15H22BrNO2/c1-10(2)8-15(4,19)9-17-14(18)12-5-6-13(16)11(3)7-12/h5-7,10,19H,8-9H2,1-4H3,(H,17,18). The zero-order chi connectivity index (χ0) is 14.6. The van der Waals surface area contributed by atoms with Crippen molar-refractivity contribution >= 4 is 21.8 Å². The second-order valence-electron chi connectivity index (χ2n) is 5.74. The van der Waals surface area contributed by atoms with Crippen LogP contribution in [0, 0.1) is 12.8 Å². The summed E-state index contributed by atoms with van der Waals surface area (Å²) in [5, 5.41) is 12.9. The molecule has 0 aliphatic heterocycles. The fourth-order valence-electron chi connectivity index (χ4n) is 2.11. The second-order valence-corrected chi connectivity index (χ2v) is 6.60. The molecule has 0 aliphatic rings. The molecule has 1 aromatic rings. The number of hydrogen-bond acceptors (Lipinski definition) is 2. The number of benzene rings is 1. The topological polar surface area (TPSA) is 49.3 Å². The monoisotopic (exact) mass is 327 g/mol. The van der Waals surface area contributed by atoms with Crippen molar-refractivity contribution in [2.45, 2.75) is 39.7 Å². The van der Waals surface area contributed by atoms with Crippen molar-refractivity contribution < 1.29 is 9.90 Å². The predicted molar refractivity (Wildman–Crippen MR) is 81.3 cm³/mol. The second kappa shape index (κ2) is 6.53. The minimum atomic E-state index is -0.867. The van der Waals surface area contributed by atoms with Gasteiger partial charge in [-0.25, -0.2) is 0 Å². The van der Waals surface area contributed by atoms with Gasteiger partial charge in [0.05, 0.1) is 5.60 Å². The van der Waals surface area contributed by atoms with Gasteiger partial charge in [-0.1, -0.05) is 29.8 Å². The van der Waals surface area contributed by atoms with Crippen molar-refractivity contribution in [3.8, 4) is 0 Å². The van der Waals surface area contributed by atoms with E-state index in [-0.39, 0.29) is 12.5 Å². The van der Waals surface area contributed by atoms with Crippen molar-refractivity contribution in [1.82, 2.24) is 5.32 Å². The number of aryl methyl sites for hydroxylation is 1. The van der Waals surface area contributed by atoms with E-state index in [2.05, 4.69) is 21.2 Å². The summed E-state index contributed by atoms with van der Waals surface area (Å²) in [6.45, 7) is 8.05. The number of nitrogens with one attached hydrogen (secondary N) is 1. The lowest BCUT2D eigenvalue weighted by Crippen LogP contribution is -2.41. The summed E-state index contributed by atoms with van der Waals surface area (Å²) < 4.78 is 0.982. The van der Waals surface area contributed by atoms with Gasteiger partial charge in [0.15, 0.2) is 0 Å². The zero-order valence-corrected chi connectivity index (χ0v) is 13.5. The molecule has 106 valence electrons. The maximum atomic E-state index is 12.0. The molecule has 4 heteroatoms. The molecule has 0 aromatic heterocycles. The Hall–Kier alpha value is -0.870. The summed E-state index contributed by atoms with van der Waals surface area (Å²) in [6.07, 6.45) is 0.659. The Kier molecular flexibility index (Phi) is 5.56. The van der Waals surface area contributed by atoms with Gasteiger partial charge in [-0.3, -0.25) is 4.79 Å². The molecule has 0 saturated heterocycles. The van der Waals surface area contributed by atoms with Gasteiger partial charge in [-0.05, 0) is 49.9 Å². The van der Waals surface area contributed by atoms with Crippen LogP contribution in [0.3, 0.4) is 0 Å². The molecule has 0 fully saturated rings. The molecule has 0 spiro atoms. The van der Waals surface area contributed by atoms with Gasteiger partial charge in [0, 0.05) is 16.6 Å². The van der Waals surface area contributed by atoms with Gasteiger partial charge >= 0.3 is 0 Å². The number of hydrogen-bond donors (Lipinski definition) is 2. The van der Waals surface area contributed by atoms with Crippen LogP contribution in [0.2, 0.25) is 0 Å². The van der Waals surface area contributed by atoms with Gasteiger partial charge in [-0.15, -0.1) is 0 Å². The molecule has 1 unspecified atom stereocenters. The molecular weight excluding hydrogens is 306 g/mol. The third-order valence-corrected chi connectivity index (χ3v) is 3.79. The van der Waals surface area contributed by atoms with E-state index < -0.39 is 5.60 Å². The average Bonchev–Trinajstić information content (AvgIpc) is 2.28. The maximum Gasteiger partial charge on any atom is 0.251 e. The molecule has 1 amide bonds. The van der Waals surface area contributed by atoms with E-state index in [1.165, 1.54) is 0 Å². The Morgan fingerprint density at radius 1 is 1.47 bits per heavy atom. The van der Waals surface area contributed by atoms with E-state index >= 15 is 0 Å². The molecule has 1 atom stereocenters. The highest BCUT2D eigenvalue weighted by molar-refractivity contribution is 9.10. The highest BCUT2D eigenvalue weighted by Gasteiger charge is 2.22. The van der Waals surface area contributed by atoms with Crippen molar-refractivity contribution in [3.05, 3.63) is 33.8 Å². The van der Waals surface area contributed by atoms with Gasteiger partial charge in [-0.2, -0.15) is 0 Å². The van der Waals surface area contributed by atoms with Crippen LogP contribution in [0.1, 0.15) is 43.1 Å². The zero-order valence-electron chi connectivity index (χ0n) is 12.0. The van der Waals surface area contributed by atoms with E-state index in [1.54, 1.807) is 13.0 Å². The molecule has 0 saturated carbocycles. The first-order valence-electron chi connectivity index (χ1n) is 6.48. The lowest BCUT2D eigenvalue weighted by atomic mass is 9.94. The van der Waals surface area contributed by atoms with Crippen LogP contribution in [0.15, 0.2) is 22.7 Å². The van der Waals surface area contributed by atoms with Crippen LogP contribution in [0.4, 0.5) is 0 Å². The van der Waals surface area contributed by atoms with Crippen molar-refractivity contribution in [2.75, 3.05) is 6.54 Å². The minimum Gasteiger partial charge on any atom is -0.388 e.